The Morgan fingerprint density at radius 1 is 1.07 bits per heavy atom. The van der Waals surface area contributed by atoms with Gasteiger partial charge >= 0.3 is 12.0 Å². The molecule has 0 aromatic heterocycles. The van der Waals surface area contributed by atoms with Gasteiger partial charge in [0.05, 0.1) is 31.4 Å². The summed E-state index contributed by atoms with van der Waals surface area (Å²) in [5.74, 6) is -0.963. The Morgan fingerprint density at radius 2 is 1.79 bits per heavy atom. The number of aromatic carboxylic acids is 1. The number of ether oxygens (including phenoxy) is 2. The zero-order valence-corrected chi connectivity index (χ0v) is 15.7. The van der Waals surface area contributed by atoms with Crippen molar-refractivity contribution < 1.29 is 28.6 Å². The Morgan fingerprint density at radius 3 is 2.48 bits per heavy atom. The van der Waals surface area contributed by atoms with E-state index in [4.69, 9.17) is 9.47 Å². The third kappa shape index (κ3) is 4.02. The van der Waals surface area contributed by atoms with E-state index in [0.29, 0.717) is 32.1 Å². The number of carboxylic acid groups (broad SMARTS) is 1. The van der Waals surface area contributed by atoms with Gasteiger partial charge in [-0.3, -0.25) is 0 Å². The van der Waals surface area contributed by atoms with Crippen molar-refractivity contribution in [3.63, 3.8) is 0 Å². The molecule has 2 heterocycles. The molecule has 29 heavy (non-hydrogen) atoms. The van der Waals surface area contributed by atoms with Gasteiger partial charge in [-0.15, -0.1) is 0 Å². The number of morpholine rings is 1. The summed E-state index contributed by atoms with van der Waals surface area (Å²) >= 11 is 0. The number of benzene rings is 2. The lowest BCUT2D eigenvalue weighted by Gasteiger charge is -2.36. The van der Waals surface area contributed by atoms with Gasteiger partial charge in [0.2, 0.25) is 0 Å². The fourth-order valence-electron chi connectivity index (χ4n) is 3.60. The van der Waals surface area contributed by atoms with Crippen LogP contribution in [0.3, 0.4) is 0 Å². The average molecular weight is 400 g/mol. The Labute approximate surface area is 167 Å². The number of carbonyl (C=O) groups excluding carboxylic acids is 1. The van der Waals surface area contributed by atoms with Crippen molar-refractivity contribution in [2.45, 2.75) is 12.6 Å². The summed E-state index contributed by atoms with van der Waals surface area (Å²) in [6.45, 7) is 2.35. The molecule has 1 saturated heterocycles. The van der Waals surface area contributed by atoms with Crippen LogP contribution >= 0.6 is 0 Å². The molecule has 2 amide bonds. The van der Waals surface area contributed by atoms with E-state index in [1.54, 1.807) is 28.0 Å². The lowest BCUT2D eigenvalue weighted by Crippen LogP contribution is -2.49. The van der Waals surface area contributed by atoms with Crippen LogP contribution in [0.25, 0.3) is 0 Å². The van der Waals surface area contributed by atoms with Crippen LogP contribution in [-0.2, 0) is 11.3 Å². The minimum Gasteiger partial charge on any atom is -0.491 e. The lowest BCUT2D eigenvalue weighted by molar-refractivity contribution is 0.0362. The summed E-state index contributed by atoms with van der Waals surface area (Å²) in [6, 6.07) is 10.0. The third-order valence-electron chi connectivity index (χ3n) is 5.21. The molecule has 1 fully saturated rings. The van der Waals surface area contributed by atoms with Crippen molar-refractivity contribution in [3.8, 4) is 5.75 Å². The Balaban J connectivity index is 1.69. The van der Waals surface area contributed by atoms with E-state index >= 15 is 0 Å². The molecule has 4 rings (SSSR count). The van der Waals surface area contributed by atoms with Gasteiger partial charge in [-0.25, -0.2) is 14.0 Å². The van der Waals surface area contributed by atoms with E-state index in [1.807, 2.05) is 0 Å². The number of rotatable bonds is 2. The topological polar surface area (TPSA) is 79.3 Å². The Hall–Kier alpha value is -3.13. The summed E-state index contributed by atoms with van der Waals surface area (Å²) in [6.07, 6.45) is 0. The first-order chi connectivity index (χ1) is 14.0. The minimum atomic E-state index is -1.04. The van der Waals surface area contributed by atoms with Gasteiger partial charge in [0.15, 0.2) is 0 Å². The van der Waals surface area contributed by atoms with E-state index in [9.17, 15) is 19.1 Å². The second kappa shape index (κ2) is 8.08. The van der Waals surface area contributed by atoms with Crippen molar-refractivity contribution in [2.24, 2.45) is 0 Å². The van der Waals surface area contributed by atoms with Gasteiger partial charge in [0, 0.05) is 18.7 Å². The highest BCUT2D eigenvalue weighted by molar-refractivity contribution is 5.88. The van der Waals surface area contributed by atoms with Gasteiger partial charge in [0.1, 0.15) is 18.2 Å². The third-order valence-corrected chi connectivity index (χ3v) is 5.21. The number of fused-ring (bicyclic) bond motifs is 1. The monoisotopic (exact) mass is 400 g/mol. The number of nitrogens with zero attached hydrogens (tertiary/aromatic N) is 2. The summed E-state index contributed by atoms with van der Waals surface area (Å²) in [5.41, 5.74) is 1.59. The van der Waals surface area contributed by atoms with Gasteiger partial charge in [-0.1, -0.05) is 18.2 Å². The normalized spacial score (nSPS) is 19.1. The highest BCUT2D eigenvalue weighted by Crippen LogP contribution is 2.33. The molecule has 0 bridgehead atoms. The molecule has 8 heteroatoms. The highest BCUT2D eigenvalue weighted by Gasteiger charge is 2.33. The fourth-order valence-corrected chi connectivity index (χ4v) is 3.60. The summed E-state index contributed by atoms with van der Waals surface area (Å²) in [4.78, 5) is 28.0. The molecule has 1 N–H and O–H groups in total. The van der Waals surface area contributed by atoms with Gasteiger partial charge < -0.3 is 24.4 Å². The largest absolute Gasteiger partial charge is 0.491 e. The first-order valence-electron chi connectivity index (χ1n) is 9.40. The smallest absolute Gasteiger partial charge is 0.335 e. The predicted octanol–water partition coefficient (Wildman–Crippen LogP) is 2.91. The minimum absolute atomic E-state index is 0.120. The van der Waals surface area contributed by atoms with Crippen LogP contribution in [-0.4, -0.2) is 59.8 Å². The molecule has 1 atom stereocenters. The number of halogens is 1. The molecule has 7 nitrogen and oxygen atoms in total. The number of carbonyl (C=O) groups is 2. The molecule has 2 aliphatic heterocycles. The molecule has 1 unspecified atom stereocenters. The van der Waals surface area contributed by atoms with Gasteiger partial charge in [-0.05, 0) is 29.8 Å². The molecule has 0 radical (unpaired) electrons. The second-order valence-electron chi connectivity index (χ2n) is 7.02. The molecule has 2 aromatic rings. The SMILES string of the molecule is O=C(O)c1ccc2c(c1)OCC(c1ccc(F)cc1)N(C(=O)N1CCOCC1)C2. The van der Waals surface area contributed by atoms with Crippen LogP contribution in [0.1, 0.15) is 27.5 Å². The molecule has 0 aliphatic carbocycles. The highest BCUT2D eigenvalue weighted by atomic mass is 19.1. The van der Waals surface area contributed by atoms with Crippen LogP contribution < -0.4 is 4.74 Å². The van der Waals surface area contributed by atoms with Gasteiger partial charge in [-0.2, -0.15) is 0 Å². The van der Waals surface area contributed by atoms with E-state index in [-0.39, 0.29) is 30.6 Å². The maximum atomic E-state index is 13.4. The van der Waals surface area contributed by atoms with E-state index < -0.39 is 12.0 Å². The fraction of sp³-hybridized carbons (Fsp3) is 0.333. The second-order valence-corrected chi connectivity index (χ2v) is 7.02. The van der Waals surface area contributed by atoms with E-state index in [0.717, 1.165) is 11.1 Å². The van der Waals surface area contributed by atoms with Crippen LogP contribution in [0.5, 0.6) is 5.75 Å². The van der Waals surface area contributed by atoms with Crippen molar-refractivity contribution in [2.75, 3.05) is 32.9 Å². The van der Waals surface area contributed by atoms with E-state index in [1.165, 1.54) is 24.3 Å². The number of hydrogen-bond acceptors (Lipinski definition) is 4. The standard InChI is InChI=1S/C21H21FN2O5/c22-17-5-3-14(4-6-17)18-13-29-19-11-15(20(25)26)1-2-16(19)12-24(18)21(27)23-7-9-28-10-8-23/h1-6,11,18H,7-10,12-13H2,(H,25,26). The molecule has 2 aliphatic rings. The quantitative estimate of drug-likeness (QED) is 0.839. The van der Waals surface area contributed by atoms with Gasteiger partial charge in [0.25, 0.3) is 0 Å². The van der Waals surface area contributed by atoms with Crippen molar-refractivity contribution in [1.29, 1.82) is 0 Å². The predicted molar refractivity (Wildman–Crippen MR) is 101 cm³/mol. The summed E-state index contributed by atoms with van der Waals surface area (Å²) in [7, 11) is 0. The van der Waals surface area contributed by atoms with Crippen molar-refractivity contribution in [1.82, 2.24) is 9.80 Å². The van der Waals surface area contributed by atoms with Crippen molar-refractivity contribution >= 4 is 12.0 Å². The average Bonchev–Trinajstić information content (AvgIpc) is 2.93. The first-order valence-corrected chi connectivity index (χ1v) is 9.40. The Kier molecular flexibility index (Phi) is 5.35. The zero-order chi connectivity index (χ0) is 20.4. The summed E-state index contributed by atoms with van der Waals surface area (Å²) < 4.78 is 24.7. The number of amides is 2. The maximum absolute atomic E-state index is 13.4. The van der Waals surface area contributed by atoms with Crippen LogP contribution in [0.15, 0.2) is 42.5 Å². The van der Waals surface area contributed by atoms with Crippen LogP contribution in [0.4, 0.5) is 9.18 Å². The molecule has 2 aromatic carbocycles. The maximum Gasteiger partial charge on any atom is 0.335 e. The summed E-state index contributed by atoms with van der Waals surface area (Å²) in [5, 5.41) is 9.25. The number of urea groups is 1. The van der Waals surface area contributed by atoms with Crippen LogP contribution in [0.2, 0.25) is 0 Å². The number of carboxylic acids is 1. The lowest BCUT2D eigenvalue weighted by atomic mass is 10.1. The van der Waals surface area contributed by atoms with E-state index in [2.05, 4.69) is 0 Å². The molecule has 152 valence electrons. The van der Waals surface area contributed by atoms with Crippen molar-refractivity contribution in [3.05, 3.63) is 65.0 Å². The molecular weight excluding hydrogens is 379 g/mol. The van der Waals surface area contributed by atoms with Crippen LogP contribution in [0, 0.1) is 5.82 Å². The molecule has 0 spiro atoms. The zero-order valence-electron chi connectivity index (χ0n) is 15.7. The molecule has 0 saturated carbocycles. The molecular formula is C21H21FN2O5. The Bertz CT molecular complexity index is 912. The number of hydrogen-bond donors (Lipinski definition) is 1. The first kappa shape index (κ1) is 19.2.